The molecule has 2 aliphatic rings. The first kappa shape index (κ1) is 18.3. The van der Waals surface area contributed by atoms with Crippen molar-refractivity contribution in [2.75, 3.05) is 14.2 Å². The highest BCUT2D eigenvalue weighted by molar-refractivity contribution is 5.99. The van der Waals surface area contributed by atoms with Crippen LogP contribution < -0.4 is 9.47 Å². The Morgan fingerprint density at radius 3 is 2.63 bits per heavy atom. The number of carbonyl (C=O) groups is 1. The third-order valence-corrected chi connectivity index (χ3v) is 5.42. The predicted octanol–water partition coefficient (Wildman–Crippen LogP) is 4.32. The molecule has 2 aromatic carbocycles. The number of fused-ring (bicyclic) bond motifs is 3. The van der Waals surface area contributed by atoms with Crippen LogP contribution in [0.1, 0.15) is 45.9 Å². The van der Waals surface area contributed by atoms with Crippen molar-refractivity contribution in [1.29, 1.82) is 0 Å². The molecule has 7 nitrogen and oxygen atoms in total. The number of para-hydroxylation sites is 1. The van der Waals surface area contributed by atoms with Crippen molar-refractivity contribution in [1.82, 2.24) is 5.01 Å². The van der Waals surface area contributed by atoms with Crippen LogP contribution in [0.5, 0.6) is 11.5 Å². The van der Waals surface area contributed by atoms with E-state index in [1.165, 1.54) is 7.11 Å². The maximum Gasteiger partial charge on any atom is 0.337 e. The smallest absolute Gasteiger partial charge is 0.337 e. The molecule has 0 bridgehead atoms. The normalized spacial score (nSPS) is 19.4. The van der Waals surface area contributed by atoms with Gasteiger partial charge in [0.15, 0.2) is 11.5 Å². The Balaban J connectivity index is 1.58. The van der Waals surface area contributed by atoms with Gasteiger partial charge in [-0.15, -0.1) is 0 Å². The highest BCUT2D eigenvalue weighted by Gasteiger charge is 2.42. The molecular weight excluding hydrogens is 384 g/mol. The molecule has 0 N–H and O–H groups in total. The van der Waals surface area contributed by atoms with Gasteiger partial charge in [0.2, 0.25) is 6.23 Å². The molecule has 0 amide bonds. The molecule has 30 heavy (non-hydrogen) atoms. The SMILES string of the molecule is COC(=O)c1ccc([C@H]2Oc3c(OC)cccc3[C@@H]3CC(c4ccco4)=NN23)cc1. The first-order chi connectivity index (χ1) is 14.7. The van der Waals surface area contributed by atoms with Gasteiger partial charge in [-0.05, 0) is 30.3 Å². The minimum atomic E-state index is -0.474. The van der Waals surface area contributed by atoms with Gasteiger partial charge >= 0.3 is 5.97 Å². The van der Waals surface area contributed by atoms with Crippen LogP contribution in [-0.2, 0) is 4.74 Å². The monoisotopic (exact) mass is 404 g/mol. The number of furan rings is 1. The molecule has 0 radical (unpaired) electrons. The van der Waals surface area contributed by atoms with Gasteiger partial charge in [0.1, 0.15) is 11.5 Å². The van der Waals surface area contributed by atoms with Crippen molar-refractivity contribution < 1.29 is 23.4 Å². The molecule has 5 rings (SSSR count). The summed E-state index contributed by atoms with van der Waals surface area (Å²) in [5.74, 6) is 1.75. The summed E-state index contributed by atoms with van der Waals surface area (Å²) in [4.78, 5) is 11.8. The van der Waals surface area contributed by atoms with E-state index < -0.39 is 6.23 Å². The number of methoxy groups -OCH3 is 2. The van der Waals surface area contributed by atoms with Gasteiger partial charge < -0.3 is 18.6 Å². The molecule has 0 spiro atoms. The first-order valence-electron chi connectivity index (χ1n) is 9.61. The summed E-state index contributed by atoms with van der Waals surface area (Å²) in [5, 5.41) is 6.79. The summed E-state index contributed by atoms with van der Waals surface area (Å²) in [5.41, 5.74) is 3.23. The number of hydrogen-bond donors (Lipinski definition) is 0. The van der Waals surface area contributed by atoms with E-state index in [0.29, 0.717) is 23.5 Å². The highest BCUT2D eigenvalue weighted by atomic mass is 16.5. The van der Waals surface area contributed by atoms with Gasteiger partial charge in [0, 0.05) is 17.5 Å². The Bertz CT molecular complexity index is 1110. The topological polar surface area (TPSA) is 73.5 Å². The van der Waals surface area contributed by atoms with E-state index in [9.17, 15) is 4.79 Å². The van der Waals surface area contributed by atoms with E-state index in [1.807, 2.05) is 47.5 Å². The van der Waals surface area contributed by atoms with Crippen LogP contribution in [0.2, 0.25) is 0 Å². The van der Waals surface area contributed by atoms with Crippen LogP contribution >= 0.6 is 0 Å². The number of esters is 1. The average molecular weight is 404 g/mol. The van der Waals surface area contributed by atoms with Crippen molar-refractivity contribution in [3.8, 4) is 11.5 Å². The van der Waals surface area contributed by atoms with Gasteiger partial charge in [-0.25, -0.2) is 9.80 Å². The van der Waals surface area contributed by atoms with Crippen LogP contribution in [0.4, 0.5) is 0 Å². The summed E-state index contributed by atoms with van der Waals surface area (Å²) in [6.07, 6.45) is 1.86. The Kier molecular flexibility index (Phi) is 4.43. The molecule has 0 fully saturated rings. The van der Waals surface area contributed by atoms with E-state index in [1.54, 1.807) is 25.5 Å². The van der Waals surface area contributed by atoms with Crippen LogP contribution in [0, 0.1) is 0 Å². The molecule has 152 valence electrons. The molecule has 0 saturated carbocycles. The number of ether oxygens (including phenoxy) is 3. The molecule has 0 unspecified atom stereocenters. The lowest BCUT2D eigenvalue weighted by molar-refractivity contribution is -0.0209. The van der Waals surface area contributed by atoms with Crippen LogP contribution in [0.15, 0.2) is 70.4 Å². The van der Waals surface area contributed by atoms with Gasteiger partial charge in [-0.1, -0.05) is 24.3 Å². The fourth-order valence-corrected chi connectivity index (χ4v) is 3.96. The molecule has 7 heteroatoms. The standard InChI is InChI=1S/C23H20N2O5/c1-27-20-6-3-5-16-18-13-17(19-7-4-12-29-19)24-25(18)22(30-21(16)20)14-8-10-15(11-9-14)23(26)28-2/h3-12,18,22H,13H2,1-2H3/t18-,22+/m0/s1. The second-order valence-electron chi connectivity index (χ2n) is 7.09. The second-order valence-corrected chi connectivity index (χ2v) is 7.09. The van der Waals surface area contributed by atoms with E-state index in [0.717, 1.165) is 22.6 Å². The van der Waals surface area contributed by atoms with E-state index in [2.05, 4.69) is 0 Å². The Morgan fingerprint density at radius 2 is 1.93 bits per heavy atom. The van der Waals surface area contributed by atoms with Crippen molar-refractivity contribution in [3.63, 3.8) is 0 Å². The zero-order valence-electron chi connectivity index (χ0n) is 16.6. The fraction of sp³-hybridized carbons (Fsp3) is 0.217. The van der Waals surface area contributed by atoms with Gasteiger partial charge in [-0.2, -0.15) is 5.10 Å². The van der Waals surface area contributed by atoms with Crippen LogP contribution in [-0.4, -0.2) is 30.9 Å². The van der Waals surface area contributed by atoms with E-state index in [4.69, 9.17) is 23.7 Å². The minimum Gasteiger partial charge on any atom is -0.493 e. The van der Waals surface area contributed by atoms with Crippen molar-refractivity contribution in [2.24, 2.45) is 5.10 Å². The largest absolute Gasteiger partial charge is 0.493 e. The molecule has 2 atom stereocenters. The van der Waals surface area contributed by atoms with Crippen molar-refractivity contribution in [3.05, 3.63) is 83.3 Å². The Morgan fingerprint density at radius 1 is 1.10 bits per heavy atom. The number of carbonyl (C=O) groups excluding carboxylic acids is 1. The number of benzene rings is 2. The first-order valence-corrected chi connectivity index (χ1v) is 9.61. The number of hydrogen-bond acceptors (Lipinski definition) is 7. The molecule has 1 aromatic heterocycles. The zero-order chi connectivity index (χ0) is 20.7. The molecule has 3 aromatic rings. The summed E-state index contributed by atoms with van der Waals surface area (Å²) in [6, 6.07) is 16.8. The number of rotatable bonds is 4. The van der Waals surface area contributed by atoms with E-state index in [-0.39, 0.29) is 12.0 Å². The summed E-state index contributed by atoms with van der Waals surface area (Å²) in [6.45, 7) is 0. The van der Waals surface area contributed by atoms with Gasteiger partial charge in [0.05, 0.1) is 32.1 Å². The second kappa shape index (κ2) is 7.26. The third-order valence-electron chi connectivity index (χ3n) is 5.42. The summed E-state index contributed by atoms with van der Waals surface area (Å²) < 4.78 is 22.3. The zero-order valence-corrected chi connectivity index (χ0v) is 16.6. The van der Waals surface area contributed by atoms with E-state index >= 15 is 0 Å². The molecule has 0 aliphatic carbocycles. The number of hydrazone groups is 1. The lowest BCUT2D eigenvalue weighted by Gasteiger charge is -2.38. The van der Waals surface area contributed by atoms with Crippen molar-refractivity contribution in [2.45, 2.75) is 18.7 Å². The highest BCUT2D eigenvalue weighted by Crippen LogP contribution is 2.50. The van der Waals surface area contributed by atoms with Gasteiger partial charge in [0.25, 0.3) is 0 Å². The average Bonchev–Trinajstić information content (AvgIpc) is 3.47. The molecule has 3 heterocycles. The lowest BCUT2D eigenvalue weighted by Crippen LogP contribution is -2.33. The molecular formula is C23H20N2O5. The fourth-order valence-electron chi connectivity index (χ4n) is 3.96. The number of nitrogens with zero attached hydrogens (tertiary/aromatic N) is 2. The quantitative estimate of drug-likeness (QED) is 0.603. The van der Waals surface area contributed by atoms with Gasteiger partial charge in [-0.3, -0.25) is 0 Å². The predicted molar refractivity (Wildman–Crippen MR) is 109 cm³/mol. The third kappa shape index (κ3) is 2.90. The summed E-state index contributed by atoms with van der Waals surface area (Å²) >= 11 is 0. The maximum absolute atomic E-state index is 11.8. The lowest BCUT2D eigenvalue weighted by atomic mass is 9.97. The maximum atomic E-state index is 11.8. The molecule has 2 aliphatic heterocycles. The Hall–Kier alpha value is -3.74. The van der Waals surface area contributed by atoms with Crippen LogP contribution in [0.25, 0.3) is 0 Å². The minimum absolute atomic E-state index is 0.0192. The molecule has 0 saturated heterocycles. The van der Waals surface area contributed by atoms with Crippen molar-refractivity contribution >= 4 is 11.7 Å². The summed E-state index contributed by atoms with van der Waals surface area (Å²) in [7, 11) is 2.99. The Labute approximate surface area is 173 Å². The van der Waals surface area contributed by atoms with Crippen LogP contribution in [0.3, 0.4) is 0 Å².